The molecule has 1 saturated carbocycles. The zero-order valence-electron chi connectivity index (χ0n) is 3.14. The summed E-state index contributed by atoms with van der Waals surface area (Å²) in [6.45, 7) is 0. The van der Waals surface area contributed by atoms with Crippen LogP contribution in [0.25, 0.3) is 0 Å². The molecule has 2 nitrogen and oxygen atoms in total. The normalized spacial score (nSPS) is 17.7. The van der Waals surface area contributed by atoms with Gasteiger partial charge in [-0.05, 0) is 12.8 Å². The highest BCUT2D eigenvalue weighted by Gasteiger charge is 2.13. The minimum Gasteiger partial charge on any atom is -0.185 e. The molecule has 1 aliphatic carbocycles. The van der Waals surface area contributed by atoms with Gasteiger partial charge in [-0.15, -0.1) is 0 Å². The third-order valence-electron chi connectivity index (χ3n) is 0.690. The molecule has 1 rings (SSSR count). The summed E-state index contributed by atoms with van der Waals surface area (Å²) in [5, 5.41) is 0. The Morgan fingerprint density at radius 3 is 1.83 bits per heavy atom. The Labute approximate surface area is 37.3 Å². The smallest absolute Gasteiger partial charge is 0.185 e. The van der Waals surface area contributed by atoms with Gasteiger partial charge in [-0.1, -0.05) is 0 Å². The second-order valence-electron chi connectivity index (χ2n) is 1.27. The minimum absolute atomic E-state index is 0.676. The lowest BCUT2D eigenvalue weighted by Gasteiger charge is -1.41. The van der Waals surface area contributed by atoms with E-state index in [4.69, 9.17) is 0 Å². The zero-order chi connectivity index (χ0) is 4.57. The Morgan fingerprint density at radius 2 is 1.83 bits per heavy atom. The van der Waals surface area contributed by atoms with Crippen molar-refractivity contribution in [3.05, 3.63) is 0 Å². The van der Waals surface area contributed by atoms with E-state index in [0.717, 1.165) is 12.8 Å². The van der Waals surface area contributed by atoms with Crippen LogP contribution in [0.15, 0.2) is 0 Å². The van der Waals surface area contributed by atoms with Crippen molar-refractivity contribution in [2.24, 2.45) is 0 Å². The van der Waals surface area contributed by atoms with Crippen molar-refractivity contribution in [3.63, 3.8) is 0 Å². The molecule has 1 fully saturated rings. The molecule has 34 valence electrons. The van der Waals surface area contributed by atoms with Crippen LogP contribution in [0.4, 0.5) is 0 Å². The van der Waals surface area contributed by atoms with Crippen LogP contribution in [0.3, 0.4) is 0 Å². The van der Waals surface area contributed by atoms with E-state index >= 15 is 0 Å². The summed E-state index contributed by atoms with van der Waals surface area (Å²) >= 11 is 0. The lowest BCUT2D eigenvalue weighted by molar-refractivity contribution is 0.627. The fraction of sp³-hybridized carbons (Fsp3) is 0.667. The fourth-order valence-electron chi connectivity index (χ4n) is 0.218. The van der Waals surface area contributed by atoms with E-state index < -0.39 is 10.3 Å². The minimum atomic E-state index is -1.84. The van der Waals surface area contributed by atoms with Gasteiger partial charge in [0, 0.05) is 0 Å². The van der Waals surface area contributed by atoms with Gasteiger partial charge in [-0.25, -0.2) is 0 Å². The molecule has 0 aromatic carbocycles. The maximum Gasteiger partial charge on any atom is 0.213 e. The SMILES string of the molecule is O=S(=O)=C1CC1. The van der Waals surface area contributed by atoms with E-state index in [1.165, 1.54) is 0 Å². The van der Waals surface area contributed by atoms with E-state index in [2.05, 4.69) is 0 Å². The molecule has 1 aliphatic rings. The highest BCUT2D eigenvalue weighted by atomic mass is 32.2. The molecular weight excluding hydrogens is 100 g/mol. The topological polar surface area (TPSA) is 34.1 Å². The van der Waals surface area contributed by atoms with Crippen LogP contribution in [0.1, 0.15) is 12.8 Å². The Morgan fingerprint density at radius 1 is 1.33 bits per heavy atom. The molecule has 0 aromatic rings. The van der Waals surface area contributed by atoms with Gasteiger partial charge < -0.3 is 0 Å². The second-order valence-corrected chi connectivity index (χ2v) is 2.32. The van der Waals surface area contributed by atoms with Gasteiger partial charge in [-0.3, -0.25) is 0 Å². The number of rotatable bonds is 0. The second kappa shape index (κ2) is 1.08. The van der Waals surface area contributed by atoms with Crippen molar-refractivity contribution in [3.8, 4) is 0 Å². The van der Waals surface area contributed by atoms with Crippen LogP contribution in [0.2, 0.25) is 0 Å². The standard InChI is InChI=1S/C3H4O2S/c4-6(5)3-1-2-3/h1-2H2. The molecule has 0 spiro atoms. The van der Waals surface area contributed by atoms with E-state index in [-0.39, 0.29) is 0 Å². The van der Waals surface area contributed by atoms with Crippen molar-refractivity contribution < 1.29 is 8.42 Å². The summed E-state index contributed by atoms with van der Waals surface area (Å²) in [5.41, 5.74) is 0. The van der Waals surface area contributed by atoms with Gasteiger partial charge in [0.05, 0.1) is 4.86 Å². The van der Waals surface area contributed by atoms with Crippen molar-refractivity contribution >= 4 is 15.2 Å². The average molecular weight is 104 g/mol. The summed E-state index contributed by atoms with van der Waals surface area (Å²) in [6, 6.07) is 0. The van der Waals surface area contributed by atoms with E-state index in [1.807, 2.05) is 0 Å². The monoisotopic (exact) mass is 104 g/mol. The average Bonchev–Trinajstić information content (AvgIpc) is 2.06. The fourth-order valence-corrected chi connectivity index (χ4v) is 0.653. The molecule has 0 saturated heterocycles. The van der Waals surface area contributed by atoms with E-state index in [0.29, 0.717) is 4.86 Å². The van der Waals surface area contributed by atoms with Crippen LogP contribution in [0, 0.1) is 0 Å². The molecule has 0 N–H and O–H groups in total. The highest BCUT2D eigenvalue weighted by Crippen LogP contribution is 2.10. The Hall–Kier alpha value is -0.310. The van der Waals surface area contributed by atoms with Crippen LogP contribution in [-0.2, 0) is 10.3 Å². The maximum absolute atomic E-state index is 9.72. The Bertz CT molecular complexity index is 161. The predicted molar refractivity (Wildman–Crippen MR) is 23.2 cm³/mol. The first-order valence-corrected chi connectivity index (χ1v) is 2.82. The molecule has 0 heterocycles. The van der Waals surface area contributed by atoms with Gasteiger partial charge in [0.1, 0.15) is 0 Å². The molecule has 6 heavy (non-hydrogen) atoms. The van der Waals surface area contributed by atoms with Crippen LogP contribution in [-0.4, -0.2) is 13.3 Å². The molecule has 0 amide bonds. The summed E-state index contributed by atoms with van der Waals surface area (Å²) < 4.78 is 19.4. The Balaban J connectivity index is 3.21. The number of hydrogen-bond acceptors (Lipinski definition) is 2. The molecule has 0 bridgehead atoms. The molecule has 0 atom stereocenters. The predicted octanol–water partition coefficient (Wildman–Crippen LogP) is -0.168. The summed E-state index contributed by atoms with van der Waals surface area (Å²) in [7, 11) is -1.84. The quantitative estimate of drug-likeness (QED) is 0.400. The lowest BCUT2D eigenvalue weighted by Crippen LogP contribution is -1.61. The maximum atomic E-state index is 9.72. The number of hydrogen-bond donors (Lipinski definition) is 0. The molecule has 0 aromatic heterocycles. The summed E-state index contributed by atoms with van der Waals surface area (Å²) in [6.07, 6.45) is 1.60. The highest BCUT2D eigenvalue weighted by molar-refractivity contribution is 7.73. The largest absolute Gasteiger partial charge is 0.213 e. The zero-order valence-corrected chi connectivity index (χ0v) is 3.96. The van der Waals surface area contributed by atoms with Gasteiger partial charge in [0.2, 0.25) is 10.3 Å². The van der Waals surface area contributed by atoms with Gasteiger partial charge in [0.25, 0.3) is 0 Å². The van der Waals surface area contributed by atoms with E-state index in [1.54, 1.807) is 0 Å². The summed E-state index contributed by atoms with van der Waals surface area (Å²) in [4.78, 5) is 0.676. The summed E-state index contributed by atoms with van der Waals surface area (Å²) in [5.74, 6) is 0. The molecular formula is C3H4O2S. The molecule has 0 aliphatic heterocycles. The van der Waals surface area contributed by atoms with Crippen molar-refractivity contribution in [2.75, 3.05) is 0 Å². The first-order valence-electron chi connectivity index (χ1n) is 1.74. The van der Waals surface area contributed by atoms with Gasteiger partial charge in [-0.2, -0.15) is 8.42 Å². The third-order valence-corrected chi connectivity index (χ3v) is 1.57. The van der Waals surface area contributed by atoms with Crippen LogP contribution >= 0.6 is 0 Å². The van der Waals surface area contributed by atoms with E-state index in [9.17, 15) is 8.42 Å². The van der Waals surface area contributed by atoms with Crippen molar-refractivity contribution in [1.82, 2.24) is 0 Å². The van der Waals surface area contributed by atoms with Crippen molar-refractivity contribution in [1.29, 1.82) is 0 Å². The van der Waals surface area contributed by atoms with Gasteiger partial charge in [0.15, 0.2) is 0 Å². The first-order chi connectivity index (χ1) is 2.80. The third kappa shape index (κ3) is 0.597. The molecule has 3 heteroatoms. The molecule has 0 unspecified atom stereocenters. The Kier molecular flexibility index (Phi) is 0.696. The van der Waals surface area contributed by atoms with Crippen molar-refractivity contribution in [2.45, 2.75) is 12.8 Å². The first kappa shape index (κ1) is 3.87. The van der Waals surface area contributed by atoms with Crippen LogP contribution < -0.4 is 0 Å². The molecule has 0 radical (unpaired) electrons. The van der Waals surface area contributed by atoms with Crippen LogP contribution in [0.5, 0.6) is 0 Å². The van der Waals surface area contributed by atoms with Gasteiger partial charge >= 0.3 is 0 Å². The lowest BCUT2D eigenvalue weighted by atomic mass is 11.0.